The first-order valence-corrected chi connectivity index (χ1v) is 7.67. The van der Waals surface area contributed by atoms with Gasteiger partial charge in [0.2, 0.25) is 0 Å². The largest absolute Gasteiger partial charge is 0.387 e. The van der Waals surface area contributed by atoms with E-state index in [9.17, 15) is 5.11 Å². The van der Waals surface area contributed by atoms with Gasteiger partial charge >= 0.3 is 0 Å². The molecule has 1 rings (SSSR count). The van der Waals surface area contributed by atoms with Crippen LogP contribution in [0.2, 0.25) is 0 Å². The lowest BCUT2D eigenvalue weighted by atomic mass is 10.1. The van der Waals surface area contributed by atoms with E-state index in [1.54, 1.807) is 18.9 Å². The Labute approximate surface area is 137 Å². The number of rotatable bonds is 7. The molecule has 0 aromatic carbocycles. The molecule has 0 bridgehead atoms. The highest BCUT2D eigenvalue weighted by atomic mass is 127. The molecule has 1 atom stereocenters. The molecule has 3 N–H and O–H groups in total. The van der Waals surface area contributed by atoms with Crippen LogP contribution in [0.25, 0.3) is 0 Å². The summed E-state index contributed by atoms with van der Waals surface area (Å²) in [6, 6.07) is 0. The Hall–Kier alpha value is 0.270. The lowest BCUT2D eigenvalue weighted by Gasteiger charge is -2.19. The summed E-state index contributed by atoms with van der Waals surface area (Å²) < 4.78 is 5.00. The third-order valence-electron chi connectivity index (χ3n) is 2.78. The van der Waals surface area contributed by atoms with Crippen LogP contribution in [0.3, 0.4) is 0 Å². The van der Waals surface area contributed by atoms with E-state index in [1.807, 2.05) is 6.92 Å². The van der Waals surface area contributed by atoms with Crippen molar-refractivity contribution in [1.29, 1.82) is 0 Å². The van der Waals surface area contributed by atoms with E-state index in [4.69, 9.17) is 4.74 Å². The molecular weight excluding hydrogens is 377 g/mol. The molecule has 7 heteroatoms. The molecule has 0 amide bonds. The van der Waals surface area contributed by atoms with Crippen molar-refractivity contribution >= 4 is 41.7 Å². The minimum Gasteiger partial charge on any atom is -0.387 e. The van der Waals surface area contributed by atoms with Gasteiger partial charge in [0.25, 0.3) is 0 Å². The fraction of sp³-hybridized carbons (Fsp3) is 0.917. The third kappa shape index (κ3) is 8.21. The second-order valence-electron chi connectivity index (χ2n) is 4.50. The van der Waals surface area contributed by atoms with Crippen LogP contribution in [0.15, 0.2) is 4.99 Å². The fourth-order valence-electron chi connectivity index (χ4n) is 1.71. The van der Waals surface area contributed by atoms with Crippen molar-refractivity contribution < 1.29 is 9.84 Å². The maximum absolute atomic E-state index is 10.2. The summed E-state index contributed by atoms with van der Waals surface area (Å²) in [5, 5.41) is 16.6. The number of halogens is 1. The molecule has 0 spiro atoms. The van der Waals surface area contributed by atoms with E-state index < -0.39 is 5.60 Å². The number of methoxy groups -OCH3 is 1. The lowest BCUT2D eigenvalue weighted by Crippen LogP contribution is -2.40. The highest BCUT2D eigenvalue weighted by Gasteiger charge is 2.31. The molecule has 1 saturated heterocycles. The van der Waals surface area contributed by atoms with Gasteiger partial charge < -0.3 is 20.5 Å². The smallest absolute Gasteiger partial charge is 0.191 e. The van der Waals surface area contributed by atoms with E-state index in [0.717, 1.165) is 50.0 Å². The summed E-state index contributed by atoms with van der Waals surface area (Å²) >= 11 is 1.79. The van der Waals surface area contributed by atoms with Crippen molar-refractivity contribution in [2.75, 3.05) is 44.9 Å². The monoisotopic (exact) mass is 403 g/mol. The van der Waals surface area contributed by atoms with Crippen LogP contribution in [-0.4, -0.2) is 61.5 Å². The summed E-state index contributed by atoms with van der Waals surface area (Å²) in [7, 11) is 1.70. The minimum absolute atomic E-state index is 0. The van der Waals surface area contributed by atoms with Crippen LogP contribution in [0.1, 0.15) is 19.8 Å². The summed E-state index contributed by atoms with van der Waals surface area (Å²) in [6.45, 7) is 4.90. The molecule has 1 fully saturated rings. The predicted molar refractivity (Wildman–Crippen MR) is 92.8 cm³/mol. The predicted octanol–water partition coefficient (Wildman–Crippen LogP) is 1.06. The Morgan fingerprint density at radius 1 is 1.47 bits per heavy atom. The van der Waals surface area contributed by atoms with Crippen LogP contribution in [0, 0.1) is 0 Å². The molecule has 0 aromatic heterocycles. The maximum atomic E-state index is 10.2. The van der Waals surface area contributed by atoms with Gasteiger partial charge in [-0.15, -0.1) is 24.0 Å². The van der Waals surface area contributed by atoms with Crippen molar-refractivity contribution in [1.82, 2.24) is 10.6 Å². The zero-order chi connectivity index (χ0) is 13.3. The highest BCUT2D eigenvalue weighted by Crippen LogP contribution is 2.27. The number of hydrogen-bond acceptors (Lipinski definition) is 4. The molecule has 5 nitrogen and oxygen atoms in total. The summed E-state index contributed by atoms with van der Waals surface area (Å²) in [5.41, 5.74) is -0.612. The van der Waals surface area contributed by atoms with E-state index in [-0.39, 0.29) is 24.0 Å². The molecule has 0 saturated carbocycles. The number of ether oxygens (including phenoxy) is 1. The molecule has 1 heterocycles. The van der Waals surface area contributed by atoms with Crippen LogP contribution in [0.5, 0.6) is 0 Å². The van der Waals surface area contributed by atoms with Crippen molar-refractivity contribution in [3.8, 4) is 0 Å². The molecular formula is C12H26IN3O2S. The van der Waals surface area contributed by atoms with E-state index in [1.165, 1.54) is 0 Å². The number of hydrogen-bond donors (Lipinski definition) is 3. The van der Waals surface area contributed by atoms with Crippen LogP contribution in [0.4, 0.5) is 0 Å². The highest BCUT2D eigenvalue weighted by molar-refractivity contribution is 14.0. The summed E-state index contributed by atoms with van der Waals surface area (Å²) in [5.74, 6) is 2.60. The average molecular weight is 403 g/mol. The first kappa shape index (κ1) is 19.3. The number of aliphatic imine (C=N–C) groups is 1. The molecule has 1 unspecified atom stereocenters. The van der Waals surface area contributed by atoms with Gasteiger partial charge in [0, 0.05) is 32.6 Å². The van der Waals surface area contributed by atoms with Crippen molar-refractivity contribution in [2.45, 2.75) is 25.4 Å². The van der Waals surface area contributed by atoms with E-state index in [2.05, 4.69) is 15.6 Å². The second kappa shape index (κ2) is 11.0. The Kier molecular flexibility index (Phi) is 11.1. The third-order valence-corrected chi connectivity index (χ3v) is 4.01. The number of nitrogens with one attached hydrogen (secondary N) is 2. The number of nitrogens with zero attached hydrogens (tertiary/aromatic N) is 1. The Morgan fingerprint density at radius 3 is 2.84 bits per heavy atom. The van der Waals surface area contributed by atoms with Gasteiger partial charge in [-0.1, -0.05) is 0 Å². The molecule has 114 valence electrons. The Morgan fingerprint density at radius 2 is 2.26 bits per heavy atom. The zero-order valence-electron chi connectivity index (χ0n) is 11.8. The summed E-state index contributed by atoms with van der Waals surface area (Å²) in [6.07, 6.45) is 1.78. The topological polar surface area (TPSA) is 65.9 Å². The van der Waals surface area contributed by atoms with Crippen LogP contribution < -0.4 is 10.6 Å². The number of guanidine groups is 1. The molecule has 19 heavy (non-hydrogen) atoms. The van der Waals surface area contributed by atoms with Gasteiger partial charge in [-0.2, -0.15) is 11.8 Å². The van der Waals surface area contributed by atoms with Gasteiger partial charge in [-0.3, -0.25) is 4.99 Å². The molecule has 0 radical (unpaired) electrons. The molecule has 0 aromatic rings. The maximum Gasteiger partial charge on any atom is 0.191 e. The second-order valence-corrected chi connectivity index (χ2v) is 5.60. The number of thioether (sulfide) groups is 1. The first-order valence-electron chi connectivity index (χ1n) is 6.51. The normalized spacial score (nSPS) is 23.0. The van der Waals surface area contributed by atoms with Gasteiger partial charge in [-0.25, -0.2) is 0 Å². The molecule has 1 aliphatic heterocycles. The van der Waals surface area contributed by atoms with Gasteiger partial charge in [-0.05, 0) is 25.5 Å². The standard InChI is InChI=1S/C12H25N3O2S.HI/c1-3-13-11(14-6-4-7-17-2)15-9-12(16)5-8-18-10-12;/h16H,3-10H2,1-2H3,(H2,13,14,15);1H. The van der Waals surface area contributed by atoms with Gasteiger partial charge in [0.15, 0.2) is 5.96 Å². The molecule has 0 aliphatic carbocycles. The van der Waals surface area contributed by atoms with Crippen LogP contribution >= 0.6 is 35.7 Å². The minimum atomic E-state index is -0.612. The number of aliphatic hydroxyl groups is 1. The zero-order valence-corrected chi connectivity index (χ0v) is 14.9. The van der Waals surface area contributed by atoms with E-state index in [0.29, 0.717) is 6.54 Å². The van der Waals surface area contributed by atoms with Gasteiger partial charge in [0.05, 0.1) is 12.1 Å². The Balaban J connectivity index is 0.00000324. The Bertz CT molecular complexity index is 261. The van der Waals surface area contributed by atoms with Crippen molar-refractivity contribution in [3.63, 3.8) is 0 Å². The van der Waals surface area contributed by atoms with Gasteiger partial charge in [0.1, 0.15) is 0 Å². The SMILES string of the molecule is CCNC(=NCC1(O)CCSC1)NCCCOC.I. The lowest BCUT2D eigenvalue weighted by molar-refractivity contribution is 0.0778. The van der Waals surface area contributed by atoms with Crippen molar-refractivity contribution in [2.24, 2.45) is 4.99 Å². The fourth-order valence-corrected chi connectivity index (χ4v) is 3.00. The first-order chi connectivity index (χ1) is 8.70. The average Bonchev–Trinajstić information content (AvgIpc) is 2.79. The summed E-state index contributed by atoms with van der Waals surface area (Å²) in [4.78, 5) is 4.46. The van der Waals surface area contributed by atoms with Crippen LogP contribution in [-0.2, 0) is 4.74 Å². The van der Waals surface area contributed by atoms with Crippen molar-refractivity contribution in [3.05, 3.63) is 0 Å². The quantitative estimate of drug-likeness (QED) is 0.257. The van der Waals surface area contributed by atoms with E-state index >= 15 is 0 Å². The molecule has 1 aliphatic rings.